The Bertz CT molecular complexity index is 938. The standard InChI is InChI=1S/C23H22N2O3/c1-2-22(26)24-19-9-6-10-20(15-19)25-23(27)16-28-21-13-11-18(12-14-21)17-7-4-3-5-8-17/h3-15H,2,16H2,1H3,(H,24,26)(H,25,27). The van der Waals surface area contributed by atoms with Crippen LogP contribution in [0.2, 0.25) is 0 Å². The summed E-state index contributed by atoms with van der Waals surface area (Å²) in [4.78, 5) is 23.6. The maximum atomic E-state index is 12.1. The monoisotopic (exact) mass is 374 g/mol. The Morgan fingerprint density at radius 3 is 2.00 bits per heavy atom. The molecule has 0 aliphatic carbocycles. The predicted molar refractivity (Wildman–Crippen MR) is 111 cm³/mol. The highest BCUT2D eigenvalue weighted by Gasteiger charge is 2.06. The maximum absolute atomic E-state index is 12.1. The van der Waals surface area contributed by atoms with E-state index in [2.05, 4.69) is 10.6 Å². The fourth-order valence-corrected chi connectivity index (χ4v) is 2.64. The Labute approximate surface area is 164 Å². The number of carbonyl (C=O) groups excluding carboxylic acids is 2. The van der Waals surface area contributed by atoms with E-state index in [9.17, 15) is 9.59 Å². The molecule has 3 aromatic carbocycles. The Balaban J connectivity index is 1.53. The van der Waals surface area contributed by atoms with Crippen molar-refractivity contribution in [2.75, 3.05) is 17.2 Å². The van der Waals surface area contributed by atoms with Crippen molar-refractivity contribution >= 4 is 23.2 Å². The molecule has 3 aromatic rings. The lowest BCUT2D eigenvalue weighted by Gasteiger charge is -2.10. The van der Waals surface area contributed by atoms with Crippen LogP contribution < -0.4 is 15.4 Å². The molecule has 0 heterocycles. The second-order valence-corrected chi connectivity index (χ2v) is 6.21. The van der Waals surface area contributed by atoms with E-state index in [1.165, 1.54) is 0 Å². The molecule has 0 unspecified atom stereocenters. The van der Waals surface area contributed by atoms with Gasteiger partial charge in [-0.15, -0.1) is 0 Å². The number of benzene rings is 3. The summed E-state index contributed by atoms with van der Waals surface area (Å²) in [6.07, 6.45) is 0.396. The summed E-state index contributed by atoms with van der Waals surface area (Å²) in [5.74, 6) is 0.274. The van der Waals surface area contributed by atoms with Gasteiger partial charge in [-0.2, -0.15) is 0 Å². The van der Waals surface area contributed by atoms with E-state index < -0.39 is 0 Å². The van der Waals surface area contributed by atoms with Crippen LogP contribution in [0.15, 0.2) is 78.9 Å². The Morgan fingerprint density at radius 2 is 1.36 bits per heavy atom. The van der Waals surface area contributed by atoms with Gasteiger partial charge in [-0.3, -0.25) is 9.59 Å². The van der Waals surface area contributed by atoms with Gasteiger partial charge in [0.05, 0.1) is 0 Å². The van der Waals surface area contributed by atoms with Crippen LogP contribution in [-0.2, 0) is 9.59 Å². The number of rotatable bonds is 7. The van der Waals surface area contributed by atoms with Crippen LogP contribution in [0.4, 0.5) is 11.4 Å². The molecular weight excluding hydrogens is 352 g/mol. The quantitative estimate of drug-likeness (QED) is 0.629. The lowest BCUT2D eigenvalue weighted by atomic mass is 10.1. The van der Waals surface area contributed by atoms with Gasteiger partial charge in [0.15, 0.2) is 6.61 Å². The third kappa shape index (κ3) is 5.45. The van der Waals surface area contributed by atoms with Crippen molar-refractivity contribution in [1.82, 2.24) is 0 Å². The molecular formula is C23H22N2O3. The van der Waals surface area contributed by atoms with Crippen LogP contribution in [0.25, 0.3) is 11.1 Å². The molecule has 0 saturated heterocycles. The minimum absolute atomic E-state index is 0.0780. The van der Waals surface area contributed by atoms with Gasteiger partial charge in [0.2, 0.25) is 5.91 Å². The van der Waals surface area contributed by atoms with Gasteiger partial charge in [0, 0.05) is 17.8 Å². The lowest BCUT2D eigenvalue weighted by Crippen LogP contribution is -2.20. The Kier molecular flexibility index (Phi) is 6.41. The van der Waals surface area contributed by atoms with E-state index in [1.54, 1.807) is 31.2 Å². The Morgan fingerprint density at radius 1 is 0.750 bits per heavy atom. The van der Waals surface area contributed by atoms with E-state index in [0.717, 1.165) is 11.1 Å². The average Bonchev–Trinajstić information content (AvgIpc) is 2.73. The molecule has 0 spiro atoms. The smallest absolute Gasteiger partial charge is 0.262 e. The number of ether oxygens (including phenoxy) is 1. The summed E-state index contributed by atoms with van der Waals surface area (Å²) in [5, 5.41) is 5.53. The number of nitrogens with one attached hydrogen (secondary N) is 2. The molecule has 0 atom stereocenters. The Hall–Kier alpha value is -3.60. The van der Waals surface area contributed by atoms with Crippen molar-refractivity contribution in [2.45, 2.75) is 13.3 Å². The normalized spacial score (nSPS) is 10.2. The molecule has 3 rings (SSSR count). The molecule has 2 amide bonds. The first kappa shape index (κ1) is 19.2. The summed E-state index contributed by atoms with van der Waals surface area (Å²) in [6, 6.07) is 24.7. The van der Waals surface area contributed by atoms with Gasteiger partial charge in [-0.25, -0.2) is 0 Å². The van der Waals surface area contributed by atoms with Crippen LogP contribution >= 0.6 is 0 Å². The molecule has 28 heavy (non-hydrogen) atoms. The molecule has 142 valence electrons. The van der Waals surface area contributed by atoms with Crippen LogP contribution in [0.3, 0.4) is 0 Å². The highest BCUT2D eigenvalue weighted by molar-refractivity contribution is 5.94. The van der Waals surface area contributed by atoms with E-state index in [0.29, 0.717) is 23.5 Å². The summed E-state index contributed by atoms with van der Waals surface area (Å²) < 4.78 is 5.56. The second kappa shape index (κ2) is 9.37. The van der Waals surface area contributed by atoms with E-state index in [-0.39, 0.29) is 18.4 Å². The molecule has 0 aliphatic heterocycles. The number of hydrogen-bond acceptors (Lipinski definition) is 3. The molecule has 0 radical (unpaired) electrons. The summed E-state index contributed by atoms with van der Waals surface area (Å²) in [5.41, 5.74) is 3.45. The van der Waals surface area contributed by atoms with Gasteiger partial charge in [-0.05, 0) is 41.5 Å². The van der Waals surface area contributed by atoms with Crippen LogP contribution in [0.5, 0.6) is 5.75 Å². The summed E-state index contributed by atoms with van der Waals surface area (Å²) >= 11 is 0. The van der Waals surface area contributed by atoms with Crippen molar-refractivity contribution in [3.8, 4) is 16.9 Å². The van der Waals surface area contributed by atoms with Crippen LogP contribution in [0, 0.1) is 0 Å². The summed E-state index contributed by atoms with van der Waals surface area (Å²) in [6.45, 7) is 1.68. The van der Waals surface area contributed by atoms with Crippen molar-refractivity contribution < 1.29 is 14.3 Å². The minimum Gasteiger partial charge on any atom is -0.484 e. The molecule has 0 aliphatic rings. The second-order valence-electron chi connectivity index (χ2n) is 6.21. The molecule has 0 aromatic heterocycles. The largest absolute Gasteiger partial charge is 0.484 e. The van der Waals surface area contributed by atoms with Crippen molar-refractivity contribution in [1.29, 1.82) is 0 Å². The van der Waals surface area contributed by atoms with Crippen LogP contribution in [-0.4, -0.2) is 18.4 Å². The third-order valence-corrected chi connectivity index (χ3v) is 4.08. The van der Waals surface area contributed by atoms with Crippen molar-refractivity contribution in [3.05, 3.63) is 78.9 Å². The molecule has 2 N–H and O–H groups in total. The zero-order valence-electron chi connectivity index (χ0n) is 15.6. The highest BCUT2D eigenvalue weighted by Crippen LogP contribution is 2.22. The fraction of sp³-hybridized carbons (Fsp3) is 0.130. The fourth-order valence-electron chi connectivity index (χ4n) is 2.64. The molecule has 5 nitrogen and oxygen atoms in total. The van der Waals surface area contributed by atoms with Gasteiger partial charge in [0.1, 0.15) is 5.75 Å². The first-order chi connectivity index (χ1) is 13.6. The van der Waals surface area contributed by atoms with Gasteiger partial charge in [-0.1, -0.05) is 55.5 Å². The van der Waals surface area contributed by atoms with E-state index >= 15 is 0 Å². The van der Waals surface area contributed by atoms with Crippen molar-refractivity contribution in [3.63, 3.8) is 0 Å². The van der Waals surface area contributed by atoms with E-state index in [1.807, 2.05) is 54.6 Å². The maximum Gasteiger partial charge on any atom is 0.262 e. The minimum atomic E-state index is -0.272. The predicted octanol–water partition coefficient (Wildman–Crippen LogP) is 4.72. The number of amides is 2. The summed E-state index contributed by atoms with van der Waals surface area (Å²) in [7, 11) is 0. The lowest BCUT2D eigenvalue weighted by molar-refractivity contribution is -0.118. The number of hydrogen-bond donors (Lipinski definition) is 2. The van der Waals surface area contributed by atoms with Gasteiger partial charge >= 0.3 is 0 Å². The zero-order chi connectivity index (χ0) is 19.8. The van der Waals surface area contributed by atoms with Gasteiger partial charge < -0.3 is 15.4 Å². The number of carbonyl (C=O) groups is 2. The SMILES string of the molecule is CCC(=O)Nc1cccc(NC(=O)COc2ccc(-c3ccccc3)cc2)c1. The first-order valence-corrected chi connectivity index (χ1v) is 9.12. The third-order valence-electron chi connectivity index (χ3n) is 4.08. The molecule has 0 fully saturated rings. The first-order valence-electron chi connectivity index (χ1n) is 9.12. The highest BCUT2D eigenvalue weighted by atomic mass is 16.5. The van der Waals surface area contributed by atoms with Crippen LogP contribution in [0.1, 0.15) is 13.3 Å². The molecule has 5 heteroatoms. The van der Waals surface area contributed by atoms with Gasteiger partial charge in [0.25, 0.3) is 5.91 Å². The van der Waals surface area contributed by atoms with Crippen molar-refractivity contribution in [2.24, 2.45) is 0 Å². The number of anilines is 2. The van der Waals surface area contributed by atoms with E-state index in [4.69, 9.17) is 4.74 Å². The molecule has 0 bridgehead atoms. The topological polar surface area (TPSA) is 67.4 Å². The average molecular weight is 374 g/mol. The zero-order valence-corrected chi connectivity index (χ0v) is 15.6. The molecule has 0 saturated carbocycles.